The van der Waals surface area contributed by atoms with Gasteiger partial charge in [-0.1, -0.05) is 117 Å². The van der Waals surface area contributed by atoms with Crippen molar-refractivity contribution < 1.29 is 4.42 Å². The van der Waals surface area contributed by atoms with Gasteiger partial charge in [0.15, 0.2) is 0 Å². The number of fused-ring (bicyclic) bond motifs is 8. The van der Waals surface area contributed by atoms with Gasteiger partial charge in [-0.3, -0.25) is 0 Å². The van der Waals surface area contributed by atoms with Crippen molar-refractivity contribution in [3.05, 3.63) is 163 Å². The normalized spacial score (nSPS) is 13.3. The lowest BCUT2D eigenvalue weighted by molar-refractivity contribution is 0.660. The van der Waals surface area contributed by atoms with Crippen molar-refractivity contribution in [1.29, 1.82) is 0 Å². The van der Waals surface area contributed by atoms with E-state index in [0.717, 1.165) is 44.4 Å². The Morgan fingerprint density at radius 1 is 0.444 bits per heavy atom. The highest BCUT2D eigenvalue weighted by molar-refractivity contribution is 6.19. The Bertz CT molecular complexity index is 2400. The van der Waals surface area contributed by atoms with Crippen LogP contribution in [-0.4, -0.2) is 0 Å². The summed E-state index contributed by atoms with van der Waals surface area (Å²) in [7, 11) is 0. The number of benzene rings is 7. The van der Waals surface area contributed by atoms with Gasteiger partial charge in [0.2, 0.25) is 0 Å². The molecule has 0 radical (unpaired) electrons. The Kier molecular flexibility index (Phi) is 5.58. The van der Waals surface area contributed by atoms with E-state index >= 15 is 0 Å². The van der Waals surface area contributed by atoms with Crippen molar-refractivity contribution in [2.45, 2.75) is 19.3 Å². The molecule has 1 heterocycles. The summed E-state index contributed by atoms with van der Waals surface area (Å²) >= 11 is 0. The molecular formula is C43H31NO. The van der Waals surface area contributed by atoms with Gasteiger partial charge >= 0.3 is 0 Å². The molecule has 2 heteroatoms. The number of hydrogen-bond donors (Lipinski definition) is 0. The van der Waals surface area contributed by atoms with Crippen molar-refractivity contribution in [3.63, 3.8) is 0 Å². The van der Waals surface area contributed by atoms with E-state index in [4.69, 9.17) is 4.42 Å². The van der Waals surface area contributed by atoms with Crippen LogP contribution in [0.15, 0.2) is 156 Å². The average Bonchev–Trinajstić information content (AvgIpc) is 3.57. The Morgan fingerprint density at radius 3 is 1.91 bits per heavy atom. The standard InChI is InChI=1S/C43H31NO/c1-43(2)39-20-12-11-18-33(39)34-23-21-31(26-40(34)43)44(29-15-7-4-8-16-29)30-22-24-41-37(25-30)38-27-36(28-13-5-3-6-14-28)32-17-9-10-19-35(32)42(38)45-41/h3-27H,1-2H3. The van der Waals surface area contributed by atoms with Crippen molar-refractivity contribution in [3.8, 4) is 22.3 Å². The first kappa shape index (κ1) is 25.9. The molecule has 8 aromatic rings. The number of para-hydroxylation sites is 1. The number of rotatable bonds is 4. The zero-order valence-corrected chi connectivity index (χ0v) is 25.3. The third kappa shape index (κ3) is 3.89. The summed E-state index contributed by atoms with van der Waals surface area (Å²) in [6.45, 7) is 4.68. The van der Waals surface area contributed by atoms with E-state index in [-0.39, 0.29) is 5.41 Å². The fourth-order valence-corrected chi connectivity index (χ4v) is 7.44. The van der Waals surface area contributed by atoms with Crippen LogP contribution in [0.5, 0.6) is 0 Å². The second-order valence-electron chi connectivity index (χ2n) is 12.6. The summed E-state index contributed by atoms with van der Waals surface area (Å²) in [5.74, 6) is 0. The number of hydrogen-bond acceptors (Lipinski definition) is 2. The number of nitrogens with zero attached hydrogens (tertiary/aromatic N) is 1. The molecule has 1 aromatic heterocycles. The SMILES string of the molecule is CC1(C)c2ccccc2-c2ccc(N(c3ccccc3)c3ccc4oc5c6ccccc6c(-c6ccccc6)cc5c4c3)cc21. The molecular weight excluding hydrogens is 546 g/mol. The van der Waals surface area contributed by atoms with E-state index in [2.05, 4.69) is 170 Å². The van der Waals surface area contributed by atoms with Gasteiger partial charge < -0.3 is 9.32 Å². The highest BCUT2D eigenvalue weighted by Crippen LogP contribution is 2.51. The summed E-state index contributed by atoms with van der Waals surface area (Å²) in [6.07, 6.45) is 0. The molecule has 0 bridgehead atoms. The second-order valence-corrected chi connectivity index (χ2v) is 12.6. The highest BCUT2D eigenvalue weighted by atomic mass is 16.3. The summed E-state index contributed by atoms with van der Waals surface area (Å²) in [5.41, 5.74) is 12.9. The minimum atomic E-state index is -0.0795. The highest BCUT2D eigenvalue weighted by Gasteiger charge is 2.35. The smallest absolute Gasteiger partial charge is 0.143 e. The number of furan rings is 1. The maximum Gasteiger partial charge on any atom is 0.143 e. The van der Waals surface area contributed by atoms with Crippen LogP contribution in [0.25, 0.3) is 55.0 Å². The lowest BCUT2D eigenvalue weighted by Crippen LogP contribution is -2.16. The average molecular weight is 578 g/mol. The first-order chi connectivity index (χ1) is 22.1. The molecule has 9 rings (SSSR count). The van der Waals surface area contributed by atoms with Crippen LogP contribution < -0.4 is 4.90 Å². The van der Waals surface area contributed by atoms with Crippen LogP contribution in [0.3, 0.4) is 0 Å². The number of anilines is 3. The first-order valence-electron chi connectivity index (χ1n) is 15.6. The maximum absolute atomic E-state index is 6.61. The molecule has 1 aliphatic rings. The summed E-state index contributed by atoms with van der Waals surface area (Å²) in [5, 5.41) is 4.57. The predicted octanol–water partition coefficient (Wildman–Crippen LogP) is 12.2. The molecule has 0 amide bonds. The second kappa shape index (κ2) is 9.70. The molecule has 2 nitrogen and oxygen atoms in total. The summed E-state index contributed by atoms with van der Waals surface area (Å²) in [4.78, 5) is 2.37. The lowest BCUT2D eigenvalue weighted by atomic mass is 9.82. The van der Waals surface area contributed by atoms with E-state index in [1.165, 1.54) is 38.8 Å². The largest absolute Gasteiger partial charge is 0.455 e. The monoisotopic (exact) mass is 577 g/mol. The van der Waals surface area contributed by atoms with Gasteiger partial charge in [-0.25, -0.2) is 0 Å². The molecule has 0 unspecified atom stereocenters. The van der Waals surface area contributed by atoms with E-state index in [9.17, 15) is 0 Å². The Morgan fingerprint density at radius 2 is 1.09 bits per heavy atom. The summed E-state index contributed by atoms with van der Waals surface area (Å²) < 4.78 is 6.61. The van der Waals surface area contributed by atoms with Crippen molar-refractivity contribution in [2.75, 3.05) is 4.90 Å². The molecule has 7 aromatic carbocycles. The van der Waals surface area contributed by atoms with Gasteiger partial charge in [0.1, 0.15) is 11.2 Å². The van der Waals surface area contributed by atoms with Crippen molar-refractivity contribution >= 4 is 49.8 Å². The topological polar surface area (TPSA) is 16.4 Å². The van der Waals surface area contributed by atoms with Gasteiger partial charge in [0.25, 0.3) is 0 Å². The third-order valence-corrected chi connectivity index (χ3v) is 9.64. The zero-order valence-electron chi connectivity index (χ0n) is 25.3. The van der Waals surface area contributed by atoms with Gasteiger partial charge in [0.05, 0.1) is 0 Å². The molecule has 0 spiro atoms. The van der Waals surface area contributed by atoms with Gasteiger partial charge in [0, 0.05) is 38.6 Å². The predicted molar refractivity (Wildman–Crippen MR) is 189 cm³/mol. The molecule has 1 aliphatic carbocycles. The minimum absolute atomic E-state index is 0.0795. The molecule has 0 saturated heterocycles. The quantitative estimate of drug-likeness (QED) is 0.207. The first-order valence-corrected chi connectivity index (χ1v) is 15.6. The lowest BCUT2D eigenvalue weighted by Gasteiger charge is -2.28. The van der Waals surface area contributed by atoms with Gasteiger partial charge in [-0.15, -0.1) is 0 Å². The van der Waals surface area contributed by atoms with E-state index in [1.54, 1.807) is 0 Å². The third-order valence-electron chi connectivity index (χ3n) is 9.64. The summed E-state index contributed by atoms with van der Waals surface area (Å²) in [6, 6.07) is 54.6. The molecule has 0 N–H and O–H groups in total. The zero-order chi connectivity index (χ0) is 30.1. The van der Waals surface area contributed by atoms with Crippen LogP contribution in [0.1, 0.15) is 25.0 Å². The van der Waals surface area contributed by atoms with Crippen molar-refractivity contribution in [1.82, 2.24) is 0 Å². The fourth-order valence-electron chi connectivity index (χ4n) is 7.44. The Hall–Kier alpha value is -5.60. The van der Waals surface area contributed by atoms with Crippen LogP contribution in [0.4, 0.5) is 17.1 Å². The molecule has 0 saturated carbocycles. The fraction of sp³-hybridized carbons (Fsp3) is 0.0698. The van der Waals surface area contributed by atoms with Gasteiger partial charge in [-0.05, 0) is 87.3 Å². The maximum atomic E-state index is 6.61. The molecule has 0 fully saturated rings. The Balaban J connectivity index is 1.27. The Labute approximate surface area is 262 Å². The minimum Gasteiger partial charge on any atom is -0.455 e. The molecule has 214 valence electrons. The van der Waals surface area contributed by atoms with Crippen LogP contribution in [0, 0.1) is 0 Å². The van der Waals surface area contributed by atoms with Gasteiger partial charge in [-0.2, -0.15) is 0 Å². The van der Waals surface area contributed by atoms with Crippen LogP contribution >= 0.6 is 0 Å². The van der Waals surface area contributed by atoms with E-state index < -0.39 is 0 Å². The molecule has 0 atom stereocenters. The van der Waals surface area contributed by atoms with Crippen molar-refractivity contribution in [2.24, 2.45) is 0 Å². The molecule has 45 heavy (non-hydrogen) atoms. The van der Waals surface area contributed by atoms with E-state index in [0.29, 0.717) is 0 Å². The molecule has 0 aliphatic heterocycles. The van der Waals surface area contributed by atoms with E-state index in [1.807, 2.05) is 0 Å². The van der Waals surface area contributed by atoms with Crippen LogP contribution in [0.2, 0.25) is 0 Å². The van der Waals surface area contributed by atoms with Crippen LogP contribution in [-0.2, 0) is 5.41 Å².